The van der Waals surface area contributed by atoms with Crippen molar-refractivity contribution in [2.75, 3.05) is 12.8 Å². The molecule has 2 heterocycles. The molecule has 6 rings (SSSR count). The molecular weight excluding hydrogens is 469 g/mol. The molecule has 3 aliphatic carbocycles. The second-order valence-corrected chi connectivity index (χ2v) is 13.1. The molecule has 1 aromatic heterocycles. The van der Waals surface area contributed by atoms with Crippen molar-refractivity contribution < 1.29 is 18.8 Å². The minimum absolute atomic E-state index is 0.00814. The van der Waals surface area contributed by atoms with Gasteiger partial charge in [0.05, 0.1) is 29.5 Å². The van der Waals surface area contributed by atoms with Gasteiger partial charge in [0.2, 0.25) is 5.13 Å². The fourth-order valence-electron chi connectivity index (χ4n) is 6.42. The summed E-state index contributed by atoms with van der Waals surface area (Å²) >= 11 is 2.96. The van der Waals surface area contributed by atoms with Crippen LogP contribution in [0, 0.1) is 24.2 Å². The third kappa shape index (κ3) is 3.77. The van der Waals surface area contributed by atoms with E-state index in [2.05, 4.69) is 31.0 Å². The summed E-state index contributed by atoms with van der Waals surface area (Å²) in [7, 11) is 1.21. The first-order chi connectivity index (χ1) is 16.0. The fourth-order valence-corrected chi connectivity index (χ4v) is 8.43. The second kappa shape index (κ2) is 8.50. The van der Waals surface area contributed by atoms with Crippen LogP contribution in [-0.4, -0.2) is 47.1 Å². The van der Waals surface area contributed by atoms with Crippen LogP contribution in [0.25, 0.3) is 0 Å². The monoisotopic (exact) mass is 501 g/mol. The zero-order valence-corrected chi connectivity index (χ0v) is 22.2. The van der Waals surface area contributed by atoms with Crippen molar-refractivity contribution in [2.45, 2.75) is 75.1 Å². The number of hydrogen-bond acceptors (Lipinski definition) is 9. The molecule has 2 N–H and O–H groups in total. The van der Waals surface area contributed by atoms with Crippen LogP contribution in [0.5, 0.6) is 5.75 Å². The molecule has 3 unspecified atom stereocenters. The van der Waals surface area contributed by atoms with Gasteiger partial charge in [0.15, 0.2) is 10.1 Å². The third-order valence-corrected chi connectivity index (χ3v) is 10.5. The molecule has 1 saturated heterocycles. The maximum absolute atomic E-state index is 12.4. The van der Waals surface area contributed by atoms with E-state index in [4.69, 9.17) is 19.8 Å². The molecule has 182 valence electrons. The lowest BCUT2D eigenvalue weighted by Gasteiger charge is -2.64. The van der Waals surface area contributed by atoms with E-state index >= 15 is 0 Å². The highest BCUT2D eigenvalue weighted by molar-refractivity contribution is 8.02. The highest BCUT2D eigenvalue weighted by atomic mass is 32.2. The lowest BCUT2D eigenvalue weighted by atomic mass is 9.43. The number of aromatic nitrogens is 2. The van der Waals surface area contributed by atoms with E-state index in [0.29, 0.717) is 34.7 Å². The molecule has 2 aromatic rings. The molecule has 10 heteroatoms. The summed E-state index contributed by atoms with van der Waals surface area (Å²) in [6.45, 7) is 10.5. The molecule has 0 radical (unpaired) electrons. The van der Waals surface area contributed by atoms with E-state index in [0.717, 1.165) is 21.9 Å². The van der Waals surface area contributed by atoms with Gasteiger partial charge in [-0.15, -0.1) is 10.2 Å². The largest absolute Gasteiger partial charge is 0.496 e. The summed E-state index contributed by atoms with van der Waals surface area (Å²) in [4.78, 5) is 12.4. The number of nitrogens with zero attached hydrogens (tertiary/aromatic N) is 2. The predicted octanol–water partition coefficient (Wildman–Crippen LogP) is 4.61. The number of methoxy groups -OCH3 is 1. The average Bonchev–Trinajstić information content (AvgIpc) is 3.35. The third-order valence-electron chi connectivity index (χ3n) is 8.48. The van der Waals surface area contributed by atoms with Crippen LogP contribution in [0.4, 0.5) is 5.13 Å². The summed E-state index contributed by atoms with van der Waals surface area (Å²) in [5.74, 6) is 1.77. The molecule has 0 spiro atoms. The first-order valence-electron chi connectivity index (χ1n) is 11.8. The van der Waals surface area contributed by atoms with Crippen LogP contribution in [0.2, 0.25) is 0 Å². The number of Topliss-reactive ketones (excluding diaryl/α,β-unsaturated/α-hetero) is 1. The van der Waals surface area contributed by atoms with E-state index < -0.39 is 0 Å². The molecule has 4 aliphatic rings. The number of ketones is 1. The highest BCUT2D eigenvalue weighted by Gasteiger charge is 2.68. The molecular formula is C24H32BN3O4S2. The molecule has 34 heavy (non-hydrogen) atoms. The zero-order valence-electron chi connectivity index (χ0n) is 20.6. The number of rotatable bonds is 7. The maximum Gasteiger partial charge on any atom is 0.472 e. The van der Waals surface area contributed by atoms with Gasteiger partial charge in [0.25, 0.3) is 0 Å². The molecule has 4 fully saturated rings. The Labute approximate surface area is 209 Å². The van der Waals surface area contributed by atoms with Gasteiger partial charge in [-0.3, -0.25) is 4.79 Å². The number of nitrogen functional groups attached to an aromatic ring is 1. The quantitative estimate of drug-likeness (QED) is 0.334. The molecule has 0 amide bonds. The van der Waals surface area contributed by atoms with Gasteiger partial charge in [0, 0.05) is 0 Å². The van der Waals surface area contributed by atoms with Crippen LogP contribution in [-0.2, 0) is 15.7 Å². The molecule has 1 aliphatic heterocycles. The average molecular weight is 501 g/mol. The minimum atomic E-state index is -0.387. The molecule has 5 atom stereocenters. The summed E-state index contributed by atoms with van der Waals surface area (Å²) in [5.41, 5.74) is 8.47. The van der Waals surface area contributed by atoms with Gasteiger partial charge in [-0.1, -0.05) is 43.0 Å². The van der Waals surface area contributed by atoms with E-state index in [9.17, 15) is 4.79 Å². The summed E-state index contributed by atoms with van der Waals surface area (Å²) < 4.78 is 19.7. The van der Waals surface area contributed by atoms with Gasteiger partial charge < -0.3 is 19.8 Å². The Kier molecular flexibility index (Phi) is 6.02. The number of nitrogens with two attached hydrogens (primary N) is 1. The highest BCUT2D eigenvalue weighted by Crippen LogP contribution is 2.66. The Hall–Kier alpha value is -1.62. The SMILES string of the molecule is COc1ccc(C[C@H](Sc2nnc(N)s2)B2OC3CC4CC(C4(C)C)[C@]3(C)O2)c(C)c1C(C)=O. The Morgan fingerprint density at radius 1 is 1.35 bits per heavy atom. The van der Waals surface area contributed by atoms with Gasteiger partial charge in [-0.25, -0.2) is 0 Å². The predicted molar refractivity (Wildman–Crippen MR) is 136 cm³/mol. The Balaban J connectivity index is 1.46. The number of anilines is 1. The Morgan fingerprint density at radius 3 is 2.74 bits per heavy atom. The van der Waals surface area contributed by atoms with Crippen LogP contribution >= 0.6 is 23.1 Å². The molecule has 1 aromatic carbocycles. The zero-order chi connectivity index (χ0) is 24.4. The van der Waals surface area contributed by atoms with Gasteiger partial charge >= 0.3 is 7.12 Å². The maximum atomic E-state index is 12.4. The van der Waals surface area contributed by atoms with Gasteiger partial charge in [0.1, 0.15) is 5.75 Å². The smallest absolute Gasteiger partial charge is 0.472 e. The summed E-state index contributed by atoms with van der Waals surface area (Å²) in [6.07, 6.45) is 3.00. The normalized spacial score (nSPS) is 29.9. The van der Waals surface area contributed by atoms with E-state index in [1.165, 1.54) is 17.8 Å². The first kappa shape index (κ1) is 24.1. The van der Waals surface area contributed by atoms with Crippen molar-refractivity contribution in [3.05, 3.63) is 28.8 Å². The van der Waals surface area contributed by atoms with E-state index in [-0.39, 0.29) is 35.2 Å². The van der Waals surface area contributed by atoms with Crippen molar-refractivity contribution in [3.63, 3.8) is 0 Å². The van der Waals surface area contributed by atoms with Crippen molar-refractivity contribution >= 4 is 41.1 Å². The number of benzene rings is 1. The topological polar surface area (TPSA) is 96.6 Å². The second-order valence-electron chi connectivity index (χ2n) is 10.6. The van der Waals surface area contributed by atoms with Crippen molar-refractivity contribution in [2.24, 2.45) is 17.3 Å². The van der Waals surface area contributed by atoms with E-state index in [1.54, 1.807) is 25.8 Å². The Bertz CT molecular complexity index is 1130. The molecule has 2 bridgehead atoms. The lowest BCUT2D eigenvalue weighted by molar-refractivity contribution is -0.199. The molecule has 3 saturated carbocycles. The standard InChI is InChI=1S/C24H32BN3O4S2/c1-12-14(7-8-16(30-6)20(12)13(2)29)9-19(33-22-28-27-21(26)34-22)25-31-18-11-15-10-17(23(15,3)4)24(18,5)32-25/h7-8,15,17-19H,9-11H2,1-6H3,(H2,26,27)/t15?,17?,18?,19-,24-/m0/s1. The number of hydrogen-bond donors (Lipinski definition) is 1. The van der Waals surface area contributed by atoms with Crippen LogP contribution < -0.4 is 10.5 Å². The van der Waals surface area contributed by atoms with E-state index in [1.807, 2.05) is 19.1 Å². The van der Waals surface area contributed by atoms with Crippen LogP contribution in [0.15, 0.2) is 16.5 Å². The number of carbonyl (C=O) groups excluding carboxylic acids is 1. The van der Waals surface area contributed by atoms with Crippen LogP contribution in [0.3, 0.4) is 0 Å². The van der Waals surface area contributed by atoms with Crippen LogP contribution in [0.1, 0.15) is 62.0 Å². The minimum Gasteiger partial charge on any atom is -0.496 e. The summed E-state index contributed by atoms with van der Waals surface area (Å²) in [5, 5.41) is 8.60. The number of ether oxygens (including phenoxy) is 1. The lowest BCUT2D eigenvalue weighted by Crippen LogP contribution is -2.65. The first-order valence-corrected chi connectivity index (χ1v) is 13.5. The van der Waals surface area contributed by atoms with Gasteiger partial charge in [-0.05, 0) is 74.5 Å². The van der Waals surface area contributed by atoms with Crippen molar-refractivity contribution in [3.8, 4) is 5.75 Å². The number of carbonyl (C=O) groups is 1. The Morgan fingerprint density at radius 2 is 2.12 bits per heavy atom. The summed E-state index contributed by atoms with van der Waals surface area (Å²) in [6, 6.07) is 3.91. The fraction of sp³-hybridized carbons (Fsp3) is 0.625. The molecule has 7 nitrogen and oxygen atoms in total. The number of thioether (sulfide) groups is 1. The van der Waals surface area contributed by atoms with Gasteiger partial charge in [-0.2, -0.15) is 0 Å². The van der Waals surface area contributed by atoms with Crippen molar-refractivity contribution in [1.82, 2.24) is 10.2 Å². The van der Waals surface area contributed by atoms with Crippen molar-refractivity contribution in [1.29, 1.82) is 0 Å².